The second-order valence-corrected chi connectivity index (χ2v) is 9.71. The standard InChI is InChI=1S/C16H32N2O4S/c1-6-23(20,21)12-13(2)17-10-9-14-8-7-11-18(14)15(19)22-16(3,4)5/h13-14,17H,6-12H2,1-5H3. The molecule has 0 aromatic heterocycles. The second-order valence-electron chi connectivity index (χ2n) is 7.31. The van der Waals surface area contributed by atoms with E-state index in [9.17, 15) is 13.2 Å². The van der Waals surface area contributed by atoms with Crippen LogP contribution in [0.2, 0.25) is 0 Å². The minimum absolute atomic E-state index is 0.0728. The van der Waals surface area contributed by atoms with Crippen molar-refractivity contribution in [2.75, 3.05) is 24.6 Å². The van der Waals surface area contributed by atoms with E-state index in [0.29, 0.717) is 6.54 Å². The largest absolute Gasteiger partial charge is 0.444 e. The summed E-state index contributed by atoms with van der Waals surface area (Å²) in [5.74, 6) is 0.331. The molecule has 0 aliphatic carbocycles. The van der Waals surface area contributed by atoms with Crippen LogP contribution in [-0.2, 0) is 14.6 Å². The van der Waals surface area contributed by atoms with Crippen molar-refractivity contribution in [2.45, 2.75) is 71.6 Å². The molecule has 1 rings (SSSR count). The lowest BCUT2D eigenvalue weighted by atomic mass is 10.1. The molecule has 0 radical (unpaired) electrons. The molecule has 1 aliphatic heterocycles. The average Bonchev–Trinajstić information content (AvgIpc) is 2.84. The molecule has 0 aromatic rings. The Morgan fingerprint density at radius 3 is 2.61 bits per heavy atom. The number of nitrogens with zero attached hydrogens (tertiary/aromatic N) is 1. The van der Waals surface area contributed by atoms with Crippen molar-refractivity contribution in [3.63, 3.8) is 0 Å². The van der Waals surface area contributed by atoms with Crippen molar-refractivity contribution < 1.29 is 17.9 Å². The molecule has 1 aliphatic rings. The number of carbonyl (C=O) groups excluding carboxylic acids is 1. The number of nitrogens with one attached hydrogen (secondary N) is 1. The number of carbonyl (C=O) groups is 1. The highest BCUT2D eigenvalue weighted by Gasteiger charge is 2.31. The molecule has 0 bridgehead atoms. The lowest BCUT2D eigenvalue weighted by Crippen LogP contribution is -2.42. The molecular weight excluding hydrogens is 316 g/mol. The summed E-state index contributed by atoms with van der Waals surface area (Å²) in [5, 5.41) is 3.25. The zero-order valence-corrected chi connectivity index (χ0v) is 15.9. The topological polar surface area (TPSA) is 75.7 Å². The molecule has 23 heavy (non-hydrogen) atoms. The highest BCUT2D eigenvalue weighted by molar-refractivity contribution is 7.91. The van der Waals surface area contributed by atoms with Crippen molar-refractivity contribution in [3.05, 3.63) is 0 Å². The van der Waals surface area contributed by atoms with Gasteiger partial charge in [-0.25, -0.2) is 13.2 Å². The fourth-order valence-corrected chi connectivity index (χ4v) is 3.87. The summed E-state index contributed by atoms with van der Waals surface area (Å²) in [6.07, 6.45) is 2.53. The molecule has 136 valence electrons. The van der Waals surface area contributed by atoms with Gasteiger partial charge in [0.15, 0.2) is 9.84 Å². The van der Waals surface area contributed by atoms with Crippen LogP contribution in [0.15, 0.2) is 0 Å². The van der Waals surface area contributed by atoms with Crippen molar-refractivity contribution in [3.8, 4) is 0 Å². The van der Waals surface area contributed by atoms with Crippen molar-refractivity contribution in [1.29, 1.82) is 0 Å². The first-order valence-electron chi connectivity index (χ1n) is 8.47. The quantitative estimate of drug-likeness (QED) is 0.763. The maximum Gasteiger partial charge on any atom is 0.410 e. The Labute approximate surface area is 140 Å². The van der Waals surface area contributed by atoms with Crippen LogP contribution >= 0.6 is 0 Å². The van der Waals surface area contributed by atoms with E-state index in [1.165, 1.54) is 0 Å². The Balaban J connectivity index is 2.40. The summed E-state index contributed by atoms with van der Waals surface area (Å²) < 4.78 is 28.6. The summed E-state index contributed by atoms with van der Waals surface area (Å²) in [4.78, 5) is 14.0. The van der Waals surface area contributed by atoms with E-state index in [4.69, 9.17) is 4.74 Å². The Bertz CT molecular complexity index is 485. The van der Waals surface area contributed by atoms with E-state index in [-0.39, 0.29) is 29.7 Å². The fraction of sp³-hybridized carbons (Fsp3) is 0.938. The Hall–Kier alpha value is -0.820. The van der Waals surface area contributed by atoms with Crippen LogP contribution in [0.1, 0.15) is 53.9 Å². The highest BCUT2D eigenvalue weighted by atomic mass is 32.2. The molecule has 7 heteroatoms. The number of rotatable bonds is 7. The van der Waals surface area contributed by atoms with Gasteiger partial charge in [0, 0.05) is 24.4 Å². The van der Waals surface area contributed by atoms with Crippen LogP contribution in [0.5, 0.6) is 0 Å². The van der Waals surface area contributed by atoms with Gasteiger partial charge in [0.25, 0.3) is 0 Å². The van der Waals surface area contributed by atoms with Crippen LogP contribution in [0.3, 0.4) is 0 Å². The molecule has 0 aromatic carbocycles. The number of hydrogen-bond acceptors (Lipinski definition) is 5. The number of sulfone groups is 1. The summed E-state index contributed by atoms with van der Waals surface area (Å²) in [7, 11) is -2.96. The number of likely N-dealkylation sites (tertiary alicyclic amines) is 1. The normalized spacial score (nSPS) is 20.6. The van der Waals surface area contributed by atoms with Crippen LogP contribution < -0.4 is 5.32 Å². The smallest absolute Gasteiger partial charge is 0.410 e. The fourth-order valence-electron chi connectivity index (χ4n) is 2.75. The van der Waals surface area contributed by atoms with Crippen molar-refractivity contribution in [2.24, 2.45) is 0 Å². The van der Waals surface area contributed by atoms with Gasteiger partial charge in [-0.15, -0.1) is 0 Å². The van der Waals surface area contributed by atoms with Gasteiger partial charge in [-0.1, -0.05) is 6.92 Å². The third-order valence-electron chi connectivity index (χ3n) is 3.92. The third kappa shape index (κ3) is 7.52. The maximum absolute atomic E-state index is 12.2. The second kappa shape index (κ2) is 8.33. The van der Waals surface area contributed by atoms with Crippen molar-refractivity contribution in [1.82, 2.24) is 10.2 Å². The van der Waals surface area contributed by atoms with E-state index in [1.807, 2.05) is 27.7 Å². The Morgan fingerprint density at radius 1 is 1.39 bits per heavy atom. The predicted molar refractivity (Wildman–Crippen MR) is 92.4 cm³/mol. The van der Waals surface area contributed by atoms with E-state index in [1.54, 1.807) is 11.8 Å². The summed E-state index contributed by atoms with van der Waals surface area (Å²) in [5.41, 5.74) is -0.481. The molecule has 2 atom stereocenters. The summed E-state index contributed by atoms with van der Waals surface area (Å²) >= 11 is 0. The molecule has 1 heterocycles. The molecular formula is C16H32N2O4S. The molecule has 0 saturated carbocycles. The average molecular weight is 349 g/mol. The molecule has 2 unspecified atom stereocenters. The molecule has 1 amide bonds. The van der Waals surface area contributed by atoms with Gasteiger partial charge in [0.05, 0.1) is 5.75 Å². The van der Waals surface area contributed by atoms with Crippen LogP contribution in [0.25, 0.3) is 0 Å². The van der Waals surface area contributed by atoms with Gasteiger partial charge in [-0.2, -0.15) is 0 Å². The van der Waals surface area contributed by atoms with Gasteiger partial charge in [0.1, 0.15) is 5.60 Å². The molecule has 1 saturated heterocycles. The van der Waals surface area contributed by atoms with E-state index < -0.39 is 15.4 Å². The first-order valence-corrected chi connectivity index (χ1v) is 10.3. The zero-order chi connectivity index (χ0) is 17.7. The highest BCUT2D eigenvalue weighted by Crippen LogP contribution is 2.22. The Morgan fingerprint density at radius 2 is 2.04 bits per heavy atom. The SMILES string of the molecule is CCS(=O)(=O)CC(C)NCCC1CCCN1C(=O)OC(C)(C)C. The Kier molecular flexibility index (Phi) is 7.32. The van der Waals surface area contributed by atoms with E-state index in [0.717, 1.165) is 25.8 Å². The first kappa shape index (κ1) is 20.2. The monoisotopic (exact) mass is 348 g/mol. The molecule has 0 spiro atoms. The molecule has 1 N–H and O–H groups in total. The summed E-state index contributed by atoms with van der Waals surface area (Å²) in [6, 6.07) is 0.101. The van der Waals surface area contributed by atoms with E-state index in [2.05, 4.69) is 5.32 Å². The minimum atomic E-state index is -2.96. The predicted octanol–water partition coefficient (Wildman–Crippen LogP) is 2.19. The lowest BCUT2D eigenvalue weighted by Gasteiger charge is -2.29. The maximum atomic E-state index is 12.2. The van der Waals surface area contributed by atoms with Crippen LogP contribution in [0, 0.1) is 0 Å². The van der Waals surface area contributed by atoms with E-state index >= 15 is 0 Å². The van der Waals surface area contributed by atoms with Crippen LogP contribution in [-0.4, -0.2) is 61.7 Å². The molecule has 6 nitrogen and oxygen atoms in total. The lowest BCUT2D eigenvalue weighted by molar-refractivity contribution is 0.0220. The number of hydrogen-bond donors (Lipinski definition) is 1. The minimum Gasteiger partial charge on any atom is -0.444 e. The number of amides is 1. The first-order chi connectivity index (χ1) is 10.5. The summed E-state index contributed by atoms with van der Waals surface area (Å²) in [6.45, 7) is 10.6. The van der Waals surface area contributed by atoms with Gasteiger partial charge in [0.2, 0.25) is 0 Å². The van der Waals surface area contributed by atoms with Gasteiger partial charge >= 0.3 is 6.09 Å². The van der Waals surface area contributed by atoms with Crippen molar-refractivity contribution >= 4 is 15.9 Å². The molecule has 1 fully saturated rings. The zero-order valence-electron chi connectivity index (χ0n) is 15.1. The van der Waals surface area contributed by atoms with Crippen LogP contribution in [0.4, 0.5) is 4.79 Å². The third-order valence-corrected chi connectivity index (χ3v) is 5.81. The number of ether oxygens (including phenoxy) is 1. The van der Waals surface area contributed by atoms with Gasteiger partial charge in [-0.3, -0.25) is 0 Å². The van der Waals surface area contributed by atoms with Gasteiger partial charge in [-0.05, 0) is 53.5 Å². The van der Waals surface area contributed by atoms with Gasteiger partial charge < -0.3 is 15.0 Å².